The number of hydrogen-bond donors (Lipinski definition) is 1. The van der Waals surface area contributed by atoms with Crippen molar-refractivity contribution in [2.45, 2.75) is 4.90 Å². The first-order valence-electron chi connectivity index (χ1n) is 8.09. The van der Waals surface area contributed by atoms with E-state index in [1.54, 1.807) is 0 Å². The van der Waals surface area contributed by atoms with Crippen LogP contribution in [0.5, 0.6) is 11.5 Å². The Bertz CT molecular complexity index is 1030. The Morgan fingerprint density at radius 3 is 2.29 bits per heavy atom. The number of anilines is 1. The Kier molecular flexibility index (Phi) is 5.41. The second kappa shape index (κ2) is 7.77. The van der Waals surface area contributed by atoms with Crippen LogP contribution in [0, 0.1) is 0 Å². The van der Waals surface area contributed by atoms with Crippen molar-refractivity contribution in [1.29, 1.82) is 0 Å². The number of methoxy groups -OCH3 is 2. The quantitative estimate of drug-likeness (QED) is 0.746. The zero-order chi connectivity index (χ0) is 20.3. The molecule has 0 amide bonds. The second-order valence-electron chi connectivity index (χ2n) is 5.65. The molecule has 3 rings (SSSR count). The van der Waals surface area contributed by atoms with Crippen molar-refractivity contribution in [3.8, 4) is 11.5 Å². The number of hydrogen-bond acceptors (Lipinski definition) is 8. The van der Waals surface area contributed by atoms with Gasteiger partial charge in [-0.1, -0.05) is 0 Å². The van der Waals surface area contributed by atoms with E-state index in [1.165, 1.54) is 43.5 Å². The molecule has 2 aromatic carbocycles. The van der Waals surface area contributed by atoms with Crippen molar-refractivity contribution >= 4 is 27.6 Å². The minimum absolute atomic E-state index is 0.0590. The summed E-state index contributed by atoms with van der Waals surface area (Å²) in [7, 11) is -1.75. The molecule has 0 radical (unpaired) electrons. The third-order valence-corrected chi connectivity index (χ3v) is 5.28. The molecule has 0 atom stereocenters. The Hall–Kier alpha value is -3.27. The topological polar surface area (TPSA) is 117 Å². The van der Waals surface area contributed by atoms with Crippen LogP contribution < -0.4 is 14.2 Å². The van der Waals surface area contributed by atoms with Gasteiger partial charge in [0.25, 0.3) is 10.0 Å². The molecule has 1 N–H and O–H groups in total. The molecule has 1 aliphatic heterocycles. The molecular weight excluding hydrogens is 390 g/mol. The number of benzene rings is 2. The van der Waals surface area contributed by atoms with Gasteiger partial charge >= 0.3 is 11.9 Å². The lowest BCUT2D eigenvalue weighted by Gasteiger charge is -2.19. The van der Waals surface area contributed by atoms with E-state index in [0.717, 1.165) is 7.11 Å². The molecule has 148 valence electrons. The van der Waals surface area contributed by atoms with E-state index in [9.17, 15) is 18.0 Å². The Morgan fingerprint density at radius 2 is 1.61 bits per heavy atom. The number of ether oxygens (including phenoxy) is 4. The Labute approximate surface area is 161 Å². The number of carbonyl (C=O) groups is 2. The van der Waals surface area contributed by atoms with Crippen LogP contribution in [0.15, 0.2) is 41.3 Å². The number of sulfonamides is 1. The van der Waals surface area contributed by atoms with E-state index in [2.05, 4.69) is 14.2 Å². The summed E-state index contributed by atoms with van der Waals surface area (Å²) < 4.78 is 48.0. The standard InChI is InChI=1S/C18H17NO8S/c1-24-17(20)11-3-5-13(18(21)25-2)14(9-11)19-28(22,23)12-4-6-15-16(10-12)27-8-7-26-15/h3-6,9-10,19H,7-8H2,1-2H3. The van der Waals surface area contributed by atoms with Crippen LogP contribution in [0.2, 0.25) is 0 Å². The lowest BCUT2D eigenvalue weighted by atomic mass is 10.1. The number of rotatable bonds is 5. The molecular formula is C18H17NO8S. The van der Waals surface area contributed by atoms with E-state index >= 15 is 0 Å². The molecule has 0 unspecified atom stereocenters. The SMILES string of the molecule is COC(=O)c1ccc(C(=O)OC)c(NS(=O)(=O)c2ccc3c(c2)OCCO3)c1. The van der Waals surface area contributed by atoms with Gasteiger partial charge in [-0.3, -0.25) is 4.72 Å². The zero-order valence-electron chi connectivity index (χ0n) is 15.1. The summed E-state index contributed by atoms with van der Waals surface area (Å²) in [6.07, 6.45) is 0. The highest BCUT2D eigenvalue weighted by Crippen LogP contribution is 2.33. The van der Waals surface area contributed by atoms with Crippen LogP contribution in [-0.4, -0.2) is 47.8 Å². The summed E-state index contributed by atoms with van der Waals surface area (Å²) in [5.74, 6) is -0.716. The van der Waals surface area contributed by atoms with Gasteiger partial charge in [-0.05, 0) is 30.3 Å². The summed E-state index contributed by atoms with van der Waals surface area (Å²) in [4.78, 5) is 23.7. The van der Waals surface area contributed by atoms with Crippen molar-refractivity contribution in [1.82, 2.24) is 0 Å². The highest BCUT2D eigenvalue weighted by atomic mass is 32.2. The molecule has 0 aliphatic carbocycles. The van der Waals surface area contributed by atoms with Crippen LogP contribution in [-0.2, 0) is 19.5 Å². The maximum Gasteiger partial charge on any atom is 0.339 e. The van der Waals surface area contributed by atoms with Crippen molar-refractivity contribution in [3.63, 3.8) is 0 Å². The summed E-state index contributed by atoms with van der Waals surface area (Å²) in [5, 5.41) is 0. The largest absolute Gasteiger partial charge is 0.486 e. The van der Waals surface area contributed by atoms with Gasteiger partial charge in [-0.2, -0.15) is 0 Å². The Morgan fingerprint density at radius 1 is 0.929 bits per heavy atom. The first-order valence-corrected chi connectivity index (χ1v) is 9.57. The van der Waals surface area contributed by atoms with Crippen LogP contribution in [0.25, 0.3) is 0 Å². The first-order chi connectivity index (χ1) is 13.4. The predicted octanol–water partition coefficient (Wildman–Crippen LogP) is 1.83. The van der Waals surface area contributed by atoms with Gasteiger partial charge in [-0.15, -0.1) is 0 Å². The molecule has 9 nitrogen and oxygen atoms in total. The molecule has 0 spiro atoms. The fourth-order valence-electron chi connectivity index (χ4n) is 2.56. The normalized spacial score (nSPS) is 12.8. The van der Waals surface area contributed by atoms with Crippen LogP contribution >= 0.6 is 0 Å². The van der Waals surface area contributed by atoms with E-state index in [1.807, 2.05) is 0 Å². The molecule has 1 aliphatic rings. The fraction of sp³-hybridized carbons (Fsp3) is 0.222. The lowest BCUT2D eigenvalue weighted by molar-refractivity contribution is 0.0587. The number of fused-ring (bicyclic) bond motifs is 1. The second-order valence-corrected chi connectivity index (χ2v) is 7.34. The molecule has 10 heteroatoms. The van der Waals surface area contributed by atoms with Crippen molar-refractivity contribution in [2.75, 3.05) is 32.2 Å². The minimum Gasteiger partial charge on any atom is -0.486 e. The first kappa shape index (κ1) is 19.5. The van der Waals surface area contributed by atoms with Crippen LogP contribution in [0.3, 0.4) is 0 Å². The molecule has 0 bridgehead atoms. The summed E-state index contributed by atoms with van der Waals surface area (Å²) in [6.45, 7) is 0.678. The smallest absolute Gasteiger partial charge is 0.339 e. The molecule has 2 aromatic rings. The third kappa shape index (κ3) is 3.86. The molecule has 28 heavy (non-hydrogen) atoms. The van der Waals surface area contributed by atoms with Crippen LogP contribution in [0.1, 0.15) is 20.7 Å². The van der Waals surface area contributed by atoms with Gasteiger partial charge in [0.1, 0.15) is 13.2 Å². The molecule has 0 fully saturated rings. The van der Waals surface area contributed by atoms with Gasteiger partial charge < -0.3 is 18.9 Å². The fourth-order valence-corrected chi connectivity index (χ4v) is 3.64. The summed E-state index contributed by atoms with van der Waals surface area (Å²) >= 11 is 0. The predicted molar refractivity (Wildman–Crippen MR) is 97.4 cm³/mol. The summed E-state index contributed by atoms with van der Waals surface area (Å²) in [5.41, 5.74) is -0.115. The van der Waals surface area contributed by atoms with Gasteiger partial charge in [0.15, 0.2) is 11.5 Å². The van der Waals surface area contributed by atoms with E-state index in [0.29, 0.717) is 24.7 Å². The highest BCUT2D eigenvalue weighted by molar-refractivity contribution is 7.92. The average Bonchev–Trinajstić information content (AvgIpc) is 2.71. The van der Waals surface area contributed by atoms with E-state index in [-0.39, 0.29) is 21.7 Å². The van der Waals surface area contributed by atoms with Gasteiger partial charge in [0.05, 0.1) is 35.9 Å². The lowest BCUT2D eigenvalue weighted by Crippen LogP contribution is -2.19. The Balaban J connectivity index is 2.00. The number of nitrogens with one attached hydrogen (secondary N) is 1. The number of esters is 2. The third-order valence-electron chi connectivity index (χ3n) is 3.91. The molecule has 1 heterocycles. The van der Waals surface area contributed by atoms with Gasteiger partial charge in [0.2, 0.25) is 0 Å². The highest BCUT2D eigenvalue weighted by Gasteiger charge is 2.23. The summed E-state index contributed by atoms with van der Waals surface area (Å²) in [6, 6.07) is 7.96. The number of carbonyl (C=O) groups excluding carboxylic acids is 2. The molecule has 0 aromatic heterocycles. The van der Waals surface area contributed by atoms with Gasteiger partial charge in [0, 0.05) is 6.07 Å². The maximum absolute atomic E-state index is 12.8. The maximum atomic E-state index is 12.8. The van der Waals surface area contributed by atoms with Crippen molar-refractivity contribution in [3.05, 3.63) is 47.5 Å². The molecule has 0 saturated heterocycles. The van der Waals surface area contributed by atoms with Gasteiger partial charge in [-0.25, -0.2) is 18.0 Å². The van der Waals surface area contributed by atoms with E-state index < -0.39 is 22.0 Å². The monoisotopic (exact) mass is 407 g/mol. The molecule has 0 saturated carbocycles. The van der Waals surface area contributed by atoms with Crippen LogP contribution in [0.4, 0.5) is 5.69 Å². The zero-order valence-corrected chi connectivity index (χ0v) is 15.9. The van der Waals surface area contributed by atoms with Crippen molar-refractivity contribution < 1.29 is 37.0 Å². The van der Waals surface area contributed by atoms with Crippen molar-refractivity contribution in [2.24, 2.45) is 0 Å². The average molecular weight is 407 g/mol. The minimum atomic E-state index is -4.11. The van der Waals surface area contributed by atoms with E-state index in [4.69, 9.17) is 9.47 Å².